The summed E-state index contributed by atoms with van der Waals surface area (Å²) in [5, 5.41) is 5.57. The molecule has 0 radical (unpaired) electrons. The summed E-state index contributed by atoms with van der Waals surface area (Å²) in [6.45, 7) is 2.65. The fourth-order valence-electron chi connectivity index (χ4n) is 0.485. The maximum absolute atomic E-state index is 9.76. The third-order valence-electron chi connectivity index (χ3n) is 1.20. The summed E-state index contributed by atoms with van der Waals surface area (Å²) in [7, 11) is 1.89. The highest BCUT2D eigenvalue weighted by atomic mass is 16.1. The van der Waals surface area contributed by atoms with E-state index in [1.807, 2.05) is 26.1 Å². The Morgan fingerprint density at radius 2 is 2.30 bits per heavy atom. The van der Waals surface area contributed by atoms with Crippen molar-refractivity contribution in [2.24, 2.45) is 0 Å². The maximum atomic E-state index is 9.76. The molecule has 1 atom stereocenters. The van der Waals surface area contributed by atoms with Crippen molar-refractivity contribution in [1.82, 2.24) is 10.6 Å². The van der Waals surface area contributed by atoms with E-state index in [2.05, 4.69) is 10.6 Å². The first-order chi connectivity index (χ1) is 4.81. The van der Waals surface area contributed by atoms with Gasteiger partial charge in [-0.25, -0.2) is 0 Å². The molecule has 0 aromatic heterocycles. The Hall–Kier alpha value is -0.830. The number of nitrogens with one attached hydrogen (secondary N) is 2. The molecule has 0 bridgehead atoms. The minimum Gasteiger partial charge on any atom is -0.355 e. The van der Waals surface area contributed by atoms with Crippen LogP contribution in [0, 0.1) is 0 Å². The van der Waals surface area contributed by atoms with Gasteiger partial charge in [0.05, 0.1) is 0 Å². The second kappa shape index (κ2) is 6.29. The molecule has 0 aromatic carbocycles. The number of carbonyl (C=O) groups is 1. The lowest BCUT2D eigenvalue weighted by atomic mass is 10.3. The average Bonchev–Trinajstić information content (AvgIpc) is 1.98. The van der Waals surface area contributed by atoms with Gasteiger partial charge in [0, 0.05) is 12.6 Å². The molecule has 3 heteroatoms. The third-order valence-corrected chi connectivity index (χ3v) is 1.20. The largest absolute Gasteiger partial charge is 0.355 e. The van der Waals surface area contributed by atoms with Crippen LogP contribution in [-0.4, -0.2) is 26.0 Å². The molecule has 0 fully saturated rings. The van der Waals surface area contributed by atoms with E-state index in [4.69, 9.17) is 0 Å². The van der Waals surface area contributed by atoms with Crippen LogP contribution in [0.15, 0.2) is 12.2 Å². The molecule has 0 saturated carbocycles. The zero-order valence-electron chi connectivity index (χ0n) is 6.42. The molecule has 0 rings (SSSR count). The van der Waals surface area contributed by atoms with Crippen molar-refractivity contribution in [2.45, 2.75) is 13.0 Å². The lowest BCUT2D eigenvalue weighted by Crippen LogP contribution is -2.19. The number of hydrogen-bond acceptors (Lipinski definition) is 2. The Kier molecular flexibility index (Phi) is 5.77. The Balaban J connectivity index is 3.26. The van der Waals surface area contributed by atoms with Gasteiger partial charge in [0.2, 0.25) is 6.41 Å². The second-order valence-corrected chi connectivity index (χ2v) is 2.03. The third kappa shape index (κ3) is 5.31. The van der Waals surface area contributed by atoms with Crippen LogP contribution in [0.1, 0.15) is 6.92 Å². The molecule has 0 aliphatic carbocycles. The zero-order chi connectivity index (χ0) is 7.82. The van der Waals surface area contributed by atoms with Crippen LogP contribution in [0.3, 0.4) is 0 Å². The molecular weight excluding hydrogens is 128 g/mol. The summed E-state index contributed by atoms with van der Waals surface area (Å²) in [5.41, 5.74) is 0. The molecule has 0 heterocycles. The van der Waals surface area contributed by atoms with Crippen molar-refractivity contribution in [3.63, 3.8) is 0 Å². The van der Waals surface area contributed by atoms with Gasteiger partial charge in [-0.1, -0.05) is 12.2 Å². The maximum Gasteiger partial charge on any atom is 0.207 e. The van der Waals surface area contributed by atoms with E-state index < -0.39 is 0 Å². The van der Waals surface area contributed by atoms with E-state index >= 15 is 0 Å². The van der Waals surface area contributed by atoms with Crippen LogP contribution in [0.4, 0.5) is 0 Å². The topological polar surface area (TPSA) is 41.1 Å². The van der Waals surface area contributed by atoms with Gasteiger partial charge in [0.15, 0.2) is 0 Å². The number of amides is 1. The van der Waals surface area contributed by atoms with Crippen LogP contribution in [0.25, 0.3) is 0 Å². The molecule has 0 aliphatic rings. The van der Waals surface area contributed by atoms with Crippen molar-refractivity contribution in [3.8, 4) is 0 Å². The molecule has 0 saturated heterocycles. The fourth-order valence-corrected chi connectivity index (χ4v) is 0.485. The molecule has 2 N–H and O–H groups in total. The molecule has 58 valence electrons. The van der Waals surface area contributed by atoms with E-state index in [1.54, 1.807) is 0 Å². The first-order valence-electron chi connectivity index (χ1n) is 3.32. The molecular formula is C7H14N2O. The number of likely N-dealkylation sites (N-methyl/N-ethyl adjacent to an activating group) is 1. The summed E-state index contributed by atoms with van der Waals surface area (Å²) in [6, 6.07) is 0.369. The van der Waals surface area contributed by atoms with Crippen molar-refractivity contribution in [3.05, 3.63) is 12.2 Å². The van der Waals surface area contributed by atoms with E-state index in [1.165, 1.54) is 0 Å². The number of carbonyl (C=O) groups excluding carboxylic acids is 1. The Bertz CT molecular complexity index is 112. The highest BCUT2D eigenvalue weighted by Crippen LogP contribution is 1.80. The van der Waals surface area contributed by atoms with Crippen LogP contribution >= 0.6 is 0 Å². The number of rotatable bonds is 5. The lowest BCUT2D eigenvalue weighted by Gasteiger charge is -2.01. The van der Waals surface area contributed by atoms with Gasteiger partial charge in [-0.15, -0.1) is 0 Å². The van der Waals surface area contributed by atoms with Gasteiger partial charge in [0.25, 0.3) is 0 Å². The molecule has 10 heavy (non-hydrogen) atoms. The van der Waals surface area contributed by atoms with Gasteiger partial charge in [-0.3, -0.25) is 4.79 Å². The predicted molar refractivity (Wildman–Crippen MR) is 41.7 cm³/mol. The smallest absolute Gasteiger partial charge is 0.207 e. The quantitative estimate of drug-likeness (QED) is 0.319. The Labute approximate surface area is 61.5 Å². The molecule has 0 aromatic rings. The Morgan fingerprint density at radius 3 is 2.80 bits per heavy atom. The summed E-state index contributed by atoms with van der Waals surface area (Å²) in [6.07, 6.45) is 4.60. The minimum absolute atomic E-state index is 0.369. The van der Waals surface area contributed by atoms with E-state index in [0.717, 1.165) is 0 Å². The van der Waals surface area contributed by atoms with Gasteiger partial charge in [-0.05, 0) is 14.0 Å². The number of hydrogen-bond donors (Lipinski definition) is 2. The minimum atomic E-state index is 0.369. The van der Waals surface area contributed by atoms with Crippen molar-refractivity contribution < 1.29 is 4.79 Å². The van der Waals surface area contributed by atoms with E-state index in [9.17, 15) is 4.79 Å². The highest BCUT2D eigenvalue weighted by molar-refractivity contribution is 5.46. The average molecular weight is 142 g/mol. The highest BCUT2D eigenvalue weighted by Gasteiger charge is 1.86. The van der Waals surface area contributed by atoms with Crippen LogP contribution in [0.5, 0.6) is 0 Å². The van der Waals surface area contributed by atoms with Crippen LogP contribution in [-0.2, 0) is 4.79 Å². The van der Waals surface area contributed by atoms with Crippen molar-refractivity contribution in [1.29, 1.82) is 0 Å². The Morgan fingerprint density at radius 1 is 1.60 bits per heavy atom. The molecule has 1 amide bonds. The van der Waals surface area contributed by atoms with Gasteiger partial charge in [-0.2, -0.15) is 0 Å². The lowest BCUT2D eigenvalue weighted by molar-refractivity contribution is -0.109. The van der Waals surface area contributed by atoms with Crippen molar-refractivity contribution in [2.75, 3.05) is 13.6 Å². The molecule has 0 spiro atoms. The summed E-state index contributed by atoms with van der Waals surface area (Å²) in [5.74, 6) is 0. The summed E-state index contributed by atoms with van der Waals surface area (Å²) >= 11 is 0. The molecule has 0 aliphatic heterocycles. The first-order valence-corrected chi connectivity index (χ1v) is 3.32. The zero-order valence-corrected chi connectivity index (χ0v) is 6.42. The summed E-state index contributed by atoms with van der Waals surface area (Å²) < 4.78 is 0. The van der Waals surface area contributed by atoms with E-state index in [0.29, 0.717) is 19.0 Å². The second-order valence-electron chi connectivity index (χ2n) is 2.03. The molecule has 1 unspecified atom stereocenters. The molecule has 3 nitrogen and oxygen atoms in total. The van der Waals surface area contributed by atoms with Gasteiger partial charge in [0.1, 0.15) is 0 Å². The fraction of sp³-hybridized carbons (Fsp3) is 0.571. The van der Waals surface area contributed by atoms with Gasteiger partial charge < -0.3 is 10.6 Å². The first kappa shape index (κ1) is 9.17. The van der Waals surface area contributed by atoms with Crippen molar-refractivity contribution >= 4 is 6.41 Å². The van der Waals surface area contributed by atoms with Crippen LogP contribution in [0.2, 0.25) is 0 Å². The predicted octanol–water partition coefficient (Wildman–Crippen LogP) is -0.103. The standard InChI is InChI=1S/C7H14N2O/c1-7(8-2)4-3-5-9-6-10/h3-4,6-8H,5H2,1-2H3,(H,9,10)/b4-3+. The van der Waals surface area contributed by atoms with Crippen LogP contribution < -0.4 is 10.6 Å². The summed E-state index contributed by atoms with van der Waals surface area (Å²) in [4.78, 5) is 9.76. The normalized spacial score (nSPS) is 13.4. The SMILES string of the molecule is CNC(C)/C=C/CNC=O. The monoisotopic (exact) mass is 142 g/mol. The van der Waals surface area contributed by atoms with Gasteiger partial charge >= 0.3 is 0 Å². The van der Waals surface area contributed by atoms with E-state index in [-0.39, 0.29) is 0 Å².